The zero-order valence-electron chi connectivity index (χ0n) is 9.95. The Balaban J connectivity index is 0.00000144. The van der Waals surface area contributed by atoms with E-state index in [9.17, 15) is 2.96 Å². The van der Waals surface area contributed by atoms with Crippen LogP contribution in [0.5, 0.6) is 5.75 Å². The minimum Gasteiger partial charge on any atom is -0.475 e. The van der Waals surface area contributed by atoms with Gasteiger partial charge in [-0.25, -0.2) is 0 Å². The Morgan fingerprint density at radius 1 is 1.41 bits per heavy atom. The zero-order valence-corrected chi connectivity index (χ0v) is 13.1. The molecule has 1 aromatic carbocycles. The summed E-state index contributed by atoms with van der Waals surface area (Å²) in [6.07, 6.45) is 3.03. The molecule has 1 heterocycles. The number of ether oxygens (including phenoxy) is 2. The van der Waals surface area contributed by atoms with Gasteiger partial charge in [-0.1, -0.05) is 12.1 Å². The maximum Gasteiger partial charge on any atom is 0.652 e. The first-order valence-corrected chi connectivity index (χ1v) is 6.98. The minimum atomic E-state index is -1.62. The fourth-order valence-corrected chi connectivity index (χ4v) is 2.48. The Morgan fingerprint density at radius 2 is 2.24 bits per heavy atom. The summed E-state index contributed by atoms with van der Waals surface area (Å²) in [6.45, 7) is 2.68. The van der Waals surface area contributed by atoms with Crippen molar-refractivity contribution in [2.24, 2.45) is 0 Å². The Bertz CT molecular complexity index is 356. The molecule has 1 aliphatic rings. The van der Waals surface area contributed by atoms with Crippen LogP contribution in [-0.4, -0.2) is 33.8 Å². The van der Waals surface area contributed by atoms with E-state index < -0.39 is 20.9 Å². The van der Waals surface area contributed by atoms with Gasteiger partial charge >= 0.3 is 20.9 Å². The number of halogens is 2. The van der Waals surface area contributed by atoms with Crippen molar-refractivity contribution in [3.05, 3.63) is 23.8 Å². The van der Waals surface area contributed by atoms with E-state index in [4.69, 9.17) is 9.47 Å². The highest BCUT2D eigenvalue weighted by atomic mass is 79.9. The number of rotatable bonds is 3. The van der Waals surface area contributed by atoms with E-state index >= 15 is 0 Å². The molecule has 0 aromatic heterocycles. The summed E-state index contributed by atoms with van der Waals surface area (Å²) >= 11 is -1.62. The van der Waals surface area contributed by atoms with E-state index in [0.29, 0.717) is 0 Å². The fraction of sp³-hybridized carbons (Fsp3) is 0.500. The van der Waals surface area contributed by atoms with Gasteiger partial charge in [0.25, 0.3) is 0 Å². The molecule has 1 aromatic rings. The molecule has 17 heavy (non-hydrogen) atoms. The van der Waals surface area contributed by atoms with Gasteiger partial charge < -0.3 is 12.4 Å². The van der Waals surface area contributed by atoms with Gasteiger partial charge in [-0.3, -0.25) is 0 Å². The molecule has 1 atom stereocenters. The summed E-state index contributed by atoms with van der Waals surface area (Å²) in [7, 11) is 0. The van der Waals surface area contributed by atoms with Crippen LogP contribution in [0.2, 0.25) is 0 Å². The Kier molecular flexibility index (Phi) is 6.77. The standard InChI is InChI=1S/C12H15O2.BrH.FH.Mg/c1-10-6-2-3-7-11(10)14-12-8-4-5-9-13-12;;;/h2-3,7,12H,4-5,8-9H2,1H3;2*1H;/q;;;+1/p-1. The predicted octanol–water partition coefficient (Wildman–Crippen LogP) is 2.69. The average molecular weight is 315 g/mol. The lowest BCUT2D eigenvalue weighted by molar-refractivity contribution is -0.106. The summed E-state index contributed by atoms with van der Waals surface area (Å²) in [5.41, 5.74) is 0.936. The maximum atomic E-state index is 12.8. The predicted molar refractivity (Wildman–Crippen MR) is 72.2 cm³/mol. The van der Waals surface area contributed by atoms with Gasteiger partial charge in [-0.15, -0.1) is 20.7 Å². The lowest BCUT2D eigenvalue weighted by Crippen LogP contribution is -2.26. The van der Waals surface area contributed by atoms with Gasteiger partial charge in [0.15, 0.2) is 6.29 Å². The molecule has 0 saturated carbocycles. The molecule has 1 aliphatic heterocycles. The molecule has 0 radical (unpaired) electrons. The van der Waals surface area contributed by atoms with Crippen LogP contribution in [-0.2, 0) is 4.74 Å². The summed E-state index contributed by atoms with van der Waals surface area (Å²) in [6, 6.07) is 5.59. The van der Waals surface area contributed by atoms with Crippen molar-refractivity contribution in [2.75, 3.05) is 6.61 Å². The van der Waals surface area contributed by atoms with E-state index in [1.54, 1.807) is 0 Å². The summed E-state index contributed by atoms with van der Waals surface area (Å²) in [5.74, 6) is 0.773. The van der Waals surface area contributed by atoms with Crippen molar-refractivity contribution in [1.82, 2.24) is 0 Å². The second-order valence-corrected chi connectivity index (χ2v) is 5.12. The third kappa shape index (κ3) is 4.08. The first kappa shape index (κ1) is 15.2. The van der Waals surface area contributed by atoms with Crippen molar-refractivity contribution in [3.8, 4) is 5.75 Å². The molecule has 1 fully saturated rings. The summed E-state index contributed by atoms with van der Waals surface area (Å²) < 4.78 is 24.9. The van der Waals surface area contributed by atoms with Crippen molar-refractivity contribution >= 4 is 41.6 Å². The van der Waals surface area contributed by atoms with Crippen molar-refractivity contribution < 1.29 is 12.4 Å². The smallest absolute Gasteiger partial charge is 0.475 e. The van der Waals surface area contributed by atoms with Crippen LogP contribution in [0.15, 0.2) is 18.2 Å². The van der Waals surface area contributed by atoms with Crippen LogP contribution >= 0.6 is 17.0 Å². The lowest BCUT2D eigenvalue weighted by Gasteiger charge is -2.24. The quantitative estimate of drug-likeness (QED) is 0.799. The average Bonchev–Trinajstić information content (AvgIpc) is 2.33. The van der Waals surface area contributed by atoms with E-state index in [-0.39, 0.29) is 23.3 Å². The van der Waals surface area contributed by atoms with Gasteiger partial charge in [0, 0.05) is 6.42 Å². The van der Waals surface area contributed by atoms with Crippen molar-refractivity contribution in [3.63, 3.8) is 0 Å². The maximum absolute atomic E-state index is 12.8. The molecule has 0 amide bonds. The Hall–Kier alpha value is 0.156. The third-order valence-corrected chi connectivity index (χ3v) is 3.99. The van der Waals surface area contributed by atoms with Crippen LogP contribution in [0, 0.1) is 6.92 Å². The molecule has 1 unspecified atom stereocenters. The number of hydrogen-bond acceptors (Lipinski definition) is 2. The summed E-state index contributed by atoms with van der Waals surface area (Å²) in [5, 5.41) is 0. The Morgan fingerprint density at radius 3 is 2.88 bits per heavy atom. The Labute approximate surface area is 122 Å². The van der Waals surface area contributed by atoms with E-state index in [1.165, 1.54) is 0 Å². The van der Waals surface area contributed by atoms with Gasteiger partial charge in [-0.05, 0) is 31.4 Å². The second kappa shape index (κ2) is 7.56. The molecular formula is C12H16BrFMgO2. The second-order valence-electron chi connectivity index (χ2n) is 4.09. The van der Waals surface area contributed by atoms with Crippen LogP contribution in [0.25, 0.3) is 0 Å². The summed E-state index contributed by atoms with van der Waals surface area (Å²) in [4.78, 5) is 0. The largest absolute Gasteiger partial charge is 0.652 e. The molecular weight excluding hydrogens is 299 g/mol. The highest BCUT2D eigenvalue weighted by molar-refractivity contribution is 8.93. The van der Waals surface area contributed by atoms with Crippen LogP contribution in [0.1, 0.15) is 24.8 Å². The van der Waals surface area contributed by atoms with Crippen molar-refractivity contribution in [2.45, 2.75) is 32.5 Å². The molecule has 1 saturated heterocycles. The van der Waals surface area contributed by atoms with Crippen LogP contribution in [0.3, 0.4) is 0 Å². The molecule has 0 aliphatic carbocycles. The molecule has 5 heteroatoms. The first-order chi connectivity index (χ1) is 7.81. The van der Waals surface area contributed by atoms with Crippen molar-refractivity contribution in [1.29, 1.82) is 0 Å². The van der Waals surface area contributed by atoms with Gasteiger partial charge in [0.05, 0.1) is 6.61 Å². The topological polar surface area (TPSA) is 18.5 Å². The monoisotopic (exact) mass is 314 g/mol. The highest BCUT2D eigenvalue weighted by Crippen LogP contribution is 2.21. The highest BCUT2D eigenvalue weighted by Gasteiger charge is 2.17. The number of hydrogen-bond donors (Lipinski definition) is 0. The lowest BCUT2D eigenvalue weighted by atomic mass is 10.2. The van der Waals surface area contributed by atoms with E-state index in [0.717, 1.165) is 40.9 Å². The third-order valence-electron chi connectivity index (χ3n) is 2.94. The molecule has 0 bridgehead atoms. The van der Waals surface area contributed by atoms with E-state index in [2.05, 4.69) is 0 Å². The fourth-order valence-electron chi connectivity index (χ4n) is 1.88. The van der Waals surface area contributed by atoms with Gasteiger partial charge in [-0.2, -0.15) is 0 Å². The zero-order chi connectivity index (χ0) is 11.4. The van der Waals surface area contributed by atoms with Crippen LogP contribution < -0.4 is 8.43 Å². The minimum absolute atomic E-state index is 0. The van der Waals surface area contributed by atoms with Gasteiger partial charge in [0.2, 0.25) is 0 Å². The molecule has 2 rings (SSSR count). The molecule has 0 N–H and O–H groups in total. The molecule has 92 valence electrons. The van der Waals surface area contributed by atoms with Crippen LogP contribution in [0.4, 0.5) is 2.96 Å². The van der Waals surface area contributed by atoms with Gasteiger partial charge in [0.1, 0.15) is 5.75 Å². The number of benzene rings is 1. The molecule has 2 nitrogen and oxygen atoms in total. The molecule has 0 spiro atoms. The van der Waals surface area contributed by atoms with E-state index in [1.807, 2.05) is 25.1 Å². The normalized spacial score (nSPS) is 19.1. The SMILES string of the molecule is Br.Cc1c(OC2CCCCO2)ccc[c]1[Mg][F]. The first-order valence-electron chi connectivity index (χ1n) is 5.74.